The topological polar surface area (TPSA) is 66.8 Å². The molecule has 0 aromatic heterocycles. The summed E-state index contributed by atoms with van der Waals surface area (Å²) in [6.07, 6.45) is 24.5. The molecule has 2 N–H and O–H groups in total. The Labute approximate surface area is 145 Å². The molecule has 4 nitrogen and oxygen atoms in total. The van der Waals surface area contributed by atoms with Crippen molar-refractivity contribution < 1.29 is 20.0 Å². The molecule has 0 amide bonds. The van der Waals surface area contributed by atoms with Crippen LogP contribution in [0.4, 0.5) is 0 Å². The average molecular weight is 334 g/mol. The van der Waals surface area contributed by atoms with Gasteiger partial charge in [-0.2, -0.15) is 0 Å². The second kappa shape index (κ2) is 17.4. The van der Waals surface area contributed by atoms with E-state index < -0.39 is 5.97 Å². The minimum atomic E-state index is -0.751. The summed E-state index contributed by atoms with van der Waals surface area (Å²) in [6.45, 7) is 2.10. The van der Waals surface area contributed by atoms with Crippen LogP contribution < -0.4 is 0 Å². The number of hydrogen-bond donors (Lipinski definition) is 2. The number of carboxylic acids is 1. The van der Waals surface area contributed by atoms with Gasteiger partial charge in [0.15, 0.2) is 0 Å². The van der Waals surface area contributed by atoms with E-state index in [1.807, 2.05) is 48.6 Å². The summed E-state index contributed by atoms with van der Waals surface area (Å²) < 4.78 is 0. The second-order valence-corrected chi connectivity index (χ2v) is 5.27. The zero-order valence-corrected chi connectivity index (χ0v) is 14.5. The third-order valence-electron chi connectivity index (χ3n) is 3.12. The molecule has 0 aromatic carbocycles. The Morgan fingerprint density at radius 1 is 1.00 bits per heavy atom. The van der Waals surface area contributed by atoms with E-state index in [0.29, 0.717) is 12.8 Å². The molecule has 0 fully saturated rings. The predicted molar refractivity (Wildman–Crippen MR) is 98.8 cm³/mol. The first-order valence-corrected chi connectivity index (χ1v) is 8.51. The summed E-state index contributed by atoms with van der Waals surface area (Å²) in [5.41, 5.74) is 0. The lowest BCUT2D eigenvalue weighted by atomic mass is 10.2. The van der Waals surface area contributed by atoms with Crippen molar-refractivity contribution in [3.05, 3.63) is 60.8 Å². The van der Waals surface area contributed by atoms with Gasteiger partial charge in [-0.1, -0.05) is 67.7 Å². The zero-order chi connectivity index (χ0) is 17.9. The van der Waals surface area contributed by atoms with Gasteiger partial charge in [-0.15, -0.1) is 0 Å². The van der Waals surface area contributed by atoms with Crippen molar-refractivity contribution in [2.45, 2.75) is 58.0 Å². The maximum Gasteiger partial charge on any atom is 0.303 e. The molecule has 0 aromatic rings. The van der Waals surface area contributed by atoms with Crippen LogP contribution in [0.15, 0.2) is 60.8 Å². The third kappa shape index (κ3) is 16.5. The normalized spacial score (nSPS) is 14.1. The fourth-order valence-electron chi connectivity index (χ4n) is 1.83. The van der Waals surface area contributed by atoms with Crippen LogP contribution in [0.25, 0.3) is 0 Å². The highest BCUT2D eigenvalue weighted by Gasteiger charge is 1.99. The number of allylic oxidation sites excluding steroid dienone is 8. The minimum Gasteiger partial charge on any atom is -0.481 e. The SMILES string of the molecule is CC/C=C\C/C=C\C=C\C(C/C=C\C/C=C\CCCC(=O)O)OO. The molecule has 0 aliphatic rings. The van der Waals surface area contributed by atoms with Crippen molar-refractivity contribution in [2.24, 2.45) is 0 Å². The van der Waals surface area contributed by atoms with Crippen LogP contribution >= 0.6 is 0 Å². The van der Waals surface area contributed by atoms with Gasteiger partial charge in [-0.25, -0.2) is 4.89 Å². The molecule has 0 heterocycles. The largest absolute Gasteiger partial charge is 0.481 e. The Hall–Kier alpha value is -1.91. The van der Waals surface area contributed by atoms with Crippen LogP contribution in [-0.2, 0) is 9.68 Å². The maximum atomic E-state index is 10.3. The van der Waals surface area contributed by atoms with E-state index in [1.54, 1.807) is 0 Å². The van der Waals surface area contributed by atoms with Gasteiger partial charge >= 0.3 is 5.97 Å². The number of unbranched alkanes of at least 4 members (excludes halogenated alkanes) is 1. The van der Waals surface area contributed by atoms with Gasteiger partial charge in [0.25, 0.3) is 0 Å². The molecule has 24 heavy (non-hydrogen) atoms. The van der Waals surface area contributed by atoms with E-state index in [2.05, 4.69) is 24.0 Å². The van der Waals surface area contributed by atoms with Gasteiger partial charge in [0, 0.05) is 6.42 Å². The number of carbonyl (C=O) groups is 1. The van der Waals surface area contributed by atoms with Crippen LogP contribution in [0.2, 0.25) is 0 Å². The van der Waals surface area contributed by atoms with Gasteiger partial charge in [-0.3, -0.25) is 10.1 Å². The van der Waals surface area contributed by atoms with Gasteiger partial charge < -0.3 is 5.11 Å². The lowest BCUT2D eigenvalue weighted by Gasteiger charge is -2.03. The molecular formula is C20H30O4. The Morgan fingerprint density at radius 3 is 2.42 bits per heavy atom. The minimum absolute atomic E-state index is 0.214. The molecule has 0 rings (SSSR count). The van der Waals surface area contributed by atoms with Crippen molar-refractivity contribution >= 4 is 5.97 Å². The lowest BCUT2D eigenvalue weighted by Crippen LogP contribution is -2.04. The fraction of sp³-hybridized carbons (Fsp3) is 0.450. The van der Waals surface area contributed by atoms with E-state index in [9.17, 15) is 4.79 Å². The van der Waals surface area contributed by atoms with Crippen molar-refractivity contribution in [2.75, 3.05) is 0 Å². The lowest BCUT2D eigenvalue weighted by molar-refractivity contribution is -0.264. The average Bonchev–Trinajstić information content (AvgIpc) is 2.57. The van der Waals surface area contributed by atoms with E-state index in [-0.39, 0.29) is 12.5 Å². The summed E-state index contributed by atoms with van der Waals surface area (Å²) in [4.78, 5) is 14.8. The monoisotopic (exact) mass is 334 g/mol. The summed E-state index contributed by atoms with van der Waals surface area (Å²) in [5.74, 6) is -0.751. The quantitative estimate of drug-likeness (QED) is 0.145. The summed E-state index contributed by atoms with van der Waals surface area (Å²) >= 11 is 0. The summed E-state index contributed by atoms with van der Waals surface area (Å²) in [6, 6.07) is 0. The Balaban J connectivity index is 3.85. The number of carboxylic acid groups (broad SMARTS) is 1. The smallest absolute Gasteiger partial charge is 0.303 e. The highest BCUT2D eigenvalue weighted by Crippen LogP contribution is 2.03. The molecule has 0 saturated heterocycles. The van der Waals surface area contributed by atoms with Crippen molar-refractivity contribution in [1.29, 1.82) is 0 Å². The Morgan fingerprint density at radius 2 is 1.71 bits per heavy atom. The molecule has 134 valence electrons. The summed E-state index contributed by atoms with van der Waals surface area (Å²) in [5, 5.41) is 17.4. The van der Waals surface area contributed by atoms with Crippen LogP contribution in [0.5, 0.6) is 0 Å². The van der Waals surface area contributed by atoms with E-state index >= 15 is 0 Å². The Kier molecular flexibility index (Phi) is 16.1. The van der Waals surface area contributed by atoms with Gasteiger partial charge in [-0.05, 0) is 38.5 Å². The molecule has 0 radical (unpaired) electrons. The molecule has 1 atom stereocenters. The highest BCUT2D eigenvalue weighted by atomic mass is 17.1. The van der Waals surface area contributed by atoms with Crippen molar-refractivity contribution in [1.82, 2.24) is 0 Å². The van der Waals surface area contributed by atoms with E-state index in [1.165, 1.54) is 0 Å². The summed E-state index contributed by atoms with van der Waals surface area (Å²) in [7, 11) is 0. The zero-order valence-electron chi connectivity index (χ0n) is 14.5. The first kappa shape index (κ1) is 22.1. The maximum absolute atomic E-state index is 10.3. The van der Waals surface area contributed by atoms with Crippen molar-refractivity contribution in [3.63, 3.8) is 0 Å². The van der Waals surface area contributed by atoms with Gasteiger partial charge in [0.05, 0.1) is 0 Å². The first-order chi connectivity index (χ1) is 11.7. The van der Waals surface area contributed by atoms with Crippen molar-refractivity contribution in [3.8, 4) is 0 Å². The second-order valence-electron chi connectivity index (χ2n) is 5.27. The van der Waals surface area contributed by atoms with Crippen LogP contribution in [-0.4, -0.2) is 22.4 Å². The van der Waals surface area contributed by atoms with Gasteiger partial charge in [0.2, 0.25) is 0 Å². The fourth-order valence-corrected chi connectivity index (χ4v) is 1.83. The van der Waals surface area contributed by atoms with Gasteiger partial charge in [0.1, 0.15) is 6.10 Å². The van der Waals surface area contributed by atoms with Crippen LogP contribution in [0.1, 0.15) is 51.9 Å². The predicted octanol–water partition coefficient (Wildman–Crippen LogP) is 5.46. The van der Waals surface area contributed by atoms with E-state index in [4.69, 9.17) is 10.4 Å². The third-order valence-corrected chi connectivity index (χ3v) is 3.12. The van der Waals surface area contributed by atoms with Crippen LogP contribution in [0, 0.1) is 0 Å². The molecule has 0 spiro atoms. The first-order valence-electron chi connectivity index (χ1n) is 8.51. The molecule has 0 bridgehead atoms. The molecule has 4 heteroatoms. The number of hydrogen-bond acceptors (Lipinski definition) is 3. The molecular weight excluding hydrogens is 304 g/mol. The Bertz CT molecular complexity index is 445. The molecule has 1 unspecified atom stereocenters. The molecule has 0 aliphatic carbocycles. The highest BCUT2D eigenvalue weighted by molar-refractivity contribution is 5.66. The van der Waals surface area contributed by atoms with Crippen LogP contribution in [0.3, 0.4) is 0 Å². The molecule has 0 saturated carbocycles. The van der Waals surface area contributed by atoms with E-state index in [0.717, 1.165) is 25.7 Å². The molecule has 0 aliphatic heterocycles. The number of aliphatic carboxylic acids is 1. The standard InChI is InChI=1S/C20H30O4/c1-2-3-4-5-7-10-13-16-19(24-23)17-14-11-8-6-9-12-15-18-20(21)22/h3-4,6-7,9-11,13-14,16,19,23H,2,5,8,12,15,17-18H2,1H3,(H,21,22)/b4-3-,9-6-,10-7-,14-11-,16-13+. The number of rotatable bonds is 14.